The van der Waals surface area contributed by atoms with Crippen molar-refractivity contribution >= 4 is 6.09 Å². The zero-order valence-electron chi connectivity index (χ0n) is 10.3. The summed E-state index contributed by atoms with van der Waals surface area (Å²) in [5.41, 5.74) is -0.0862. The molecule has 1 amide bonds. The van der Waals surface area contributed by atoms with Gasteiger partial charge in [0.05, 0.1) is 6.10 Å². The Kier molecular flexibility index (Phi) is 5.08. The van der Waals surface area contributed by atoms with Crippen LogP contribution in [-0.4, -0.2) is 39.9 Å². The fourth-order valence-electron chi connectivity index (χ4n) is 1.25. The van der Waals surface area contributed by atoms with E-state index in [1.165, 1.54) is 4.90 Å². The highest BCUT2D eigenvalue weighted by Gasteiger charge is 2.29. The number of aliphatic hydroxyl groups excluding tert-OH is 1. The van der Waals surface area contributed by atoms with Crippen molar-refractivity contribution in [1.82, 2.24) is 4.90 Å². The zero-order valence-corrected chi connectivity index (χ0v) is 10.3. The fraction of sp³-hybridized carbons (Fsp3) is 0.909. The molecule has 0 bridgehead atoms. The topological polar surface area (TPSA) is 60.8 Å². The Bertz CT molecular complexity index is 208. The number of carboxylic acid groups (broad SMARTS) is 1. The quantitative estimate of drug-likeness (QED) is 0.758. The van der Waals surface area contributed by atoms with Crippen molar-refractivity contribution in [3.05, 3.63) is 0 Å². The van der Waals surface area contributed by atoms with Crippen LogP contribution in [0, 0.1) is 5.41 Å². The largest absolute Gasteiger partial charge is 0.465 e. The second-order valence-electron chi connectivity index (χ2n) is 5.16. The van der Waals surface area contributed by atoms with E-state index < -0.39 is 12.2 Å². The van der Waals surface area contributed by atoms with Gasteiger partial charge in [-0.25, -0.2) is 4.79 Å². The predicted octanol–water partition coefficient (Wildman–Crippen LogP) is 2.17. The van der Waals surface area contributed by atoms with E-state index >= 15 is 0 Å². The molecule has 0 saturated carbocycles. The van der Waals surface area contributed by atoms with Crippen molar-refractivity contribution in [2.45, 2.75) is 53.2 Å². The molecule has 4 nitrogen and oxygen atoms in total. The molecule has 0 spiro atoms. The van der Waals surface area contributed by atoms with E-state index in [9.17, 15) is 4.79 Å². The summed E-state index contributed by atoms with van der Waals surface area (Å²) in [4.78, 5) is 12.4. The van der Waals surface area contributed by atoms with Gasteiger partial charge in [-0.1, -0.05) is 20.8 Å². The van der Waals surface area contributed by atoms with E-state index in [1.807, 2.05) is 27.7 Å². The van der Waals surface area contributed by atoms with E-state index in [4.69, 9.17) is 10.2 Å². The Labute approximate surface area is 91.9 Å². The van der Waals surface area contributed by atoms with Crippen molar-refractivity contribution < 1.29 is 15.0 Å². The first kappa shape index (κ1) is 14.2. The van der Waals surface area contributed by atoms with Crippen molar-refractivity contribution in [3.8, 4) is 0 Å². The lowest BCUT2D eigenvalue weighted by molar-refractivity contribution is 0.0777. The second-order valence-corrected chi connectivity index (χ2v) is 5.16. The van der Waals surface area contributed by atoms with Gasteiger partial charge in [-0.3, -0.25) is 0 Å². The standard InChI is InChI=1S/C11H23NO3/c1-8(13)6-7-12(10(14)15)9(2)11(3,4)5/h8-9,13H,6-7H2,1-5H3,(H,14,15). The van der Waals surface area contributed by atoms with E-state index in [1.54, 1.807) is 6.92 Å². The number of aliphatic hydroxyl groups is 1. The normalized spacial score (nSPS) is 15.9. The maximum absolute atomic E-state index is 11.0. The molecule has 2 unspecified atom stereocenters. The Morgan fingerprint density at radius 3 is 2.07 bits per heavy atom. The minimum absolute atomic E-state index is 0.0613. The lowest BCUT2D eigenvalue weighted by atomic mass is 9.87. The summed E-state index contributed by atoms with van der Waals surface area (Å²) in [5.74, 6) is 0. The van der Waals surface area contributed by atoms with Gasteiger partial charge in [0, 0.05) is 12.6 Å². The Balaban J connectivity index is 4.46. The molecule has 0 rings (SSSR count). The average molecular weight is 217 g/mol. The van der Waals surface area contributed by atoms with Gasteiger partial charge in [-0.2, -0.15) is 0 Å². The third kappa shape index (κ3) is 5.02. The minimum atomic E-state index is -0.918. The molecule has 0 aromatic carbocycles. The molecule has 2 atom stereocenters. The van der Waals surface area contributed by atoms with Crippen LogP contribution in [0.5, 0.6) is 0 Å². The van der Waals surface area contributed by atoms with Crippen LogP contribution in [0.15, 0.2) is 0 Å². The van der Waals surface area contributed by atoms with Gasteiger partial charge in [-0.05, 0) is 25.7 Å². The third-order valence-corrected chi connectivity index (χ3v) is 2.75. The molecule has 2 N–H and O–H groups in total. The molecule has 0 radical (unpaired) electrons. The summed E-state index contributed by atoms with van der Waals surface area (Å²) in [6, 6.07) is -0.0613. The van der Waals surface area contributed by atoms with Gasteiger partial charge < -0.3 is 15.1 Å². The summed E-state index contributed by atoms with van der Waals surface area (Å²) in [5, 5.41) is 18.2. The van der Waals surface area contributed by atoms with Gasteiger partial charge in [0.1, 0.15) is 0 Å². The molecule has 0 aliphatic heterocycles. The Morgan fingerprint density at radius 1 is 1.33 bits per heavy atom. The van der Waals surface area contributed by atoms with Crippen LogP contribution < -0.4 is 0 Å². The van der Waals surface area contributed by atoms with Crippen LogP contribution in [0.25, 0.3) is 0 Å². The molecular weight excluding hydrogens is 194 g/mol. The highest BCUT2D eigenvalue weighted by atomic mass is 16.4. The number of hydrogen-bond donors (Lipinski definition) is 2. The second kappa shape index (κ2) is 5.35. The van der Waals surface area contributed by atoms with Crippen LogP contribution in [0.4, 0.5) is 4.79 Å². The molecule has 15 heavy (non-hydrogen) atoms. The molecule has 0 saturated heterocycles. The first-order valence-corrected chi connectivity index (χ1v) is 5.34. The smallest absolute Gasteiger partial charge is 0.407 e. The van der Waals surface area contributed by atoms with Crippen molar-refractivity contribution in [1.29, 1.82) is 0 Å². The zero-order chi connectivity index (χ0) is 12.2. The van der Waals surface area contributed by atoms with Crippen LogP contribution in [0.2, 0.25) is 0 Å². The first-order valence-electron chi connectivity index (χ1n) is 5.34. The lowest BCUT2D eigenvalue weighted by Gasteiger charge is -2.36. The predicted molar refractivity (Wildman–Crippen MR) is 59.9 cm³/mol. The van der Waals surface area contributed by atoms with E-state index in [2.05, 4.69) is 0 Å². The highest BCUT2D eigenvalue weighted by Crippen LogP contribution is 2.24. The molecule has 4 heteroatoms. The number of amides is 1. The number of rotatable bonds is 4. The van der Waals surface area contributed by atoms with Gasteiger partial charge in [0.15, 0.2) is 0 Å². The molecule has 90 valence electrons. The molecular formula is C11H23NO3. The molecule has 0 aromatic heterocycles. The summed E-state index contributed by atoms with van der Waals surface area (Å²) >= 11 is 0. The van der Waals surface area contributed by atoms with Crippen LogP contribution in [-0.2, 0) is 0 Å². The lowest BCUT2D eigenvalue weighted by Crippen LogP contribution is -2.45. The van der Waals surface area contributed by atoms with Gasteiger partial charge in [0.2, 0.25) is 0 Å². The van der Waals surface area contributed by atoms with Crippen molar-refractivity contribution in [3.63, 3.8) is 0 Å². The van der Waals surface area contributed by atoms with Crippen molar-refractivity contribution in [2.24, 2.45) is 5.41 Å². The van der Waals surface area contributed by atoms with Gasteiger partial charge >= 0.3 is 6.09 Å². The number of nitrogens with zero attached hydrogens (tertiary/aromatic N) is 1. The summed E-state index contributed by atoms with van der Waals surface area (Å²) in [6.45, 7) is 9.98. The maximum Gasteiger partial charge on any atom is 0.407 e. The minimum Gasteiger partial charge on any atom is -0.465 e. The number of hydrogen-bond acceptors (Lipinski definition) is 2. The van der Waals surface area contributed by atoms with Crippen LogP contribution in [0.3, 0.4) is 0 Å². The monoisotopic (exact) mass is 217 g/mol. The summed E-state index contributed by atoms with van der Waals surface area (Å²) in [7, 11) is 0. The SMILES string of the molecule is CC(O)CCN(C(=O)O)C(C)C(C)(C)C. The Hall–Kier alpha value is -0.770. The van der Waals surface area contributed by atoms with Gasteiger partial charge in [-0.15, -0.1) is 0 Å². The van der Waals surface area contributed by atoms with Gasteiger partial charge in [0.25, 0.3) is 0 Å². The average Bonchev–Trinajstić information content (AvgIpc) is 2.01. The van der Waals surface area contributed by atoms with Crippen molar-refractivity contribution in [2.75, 3.05) is 6.54 Å². The summed E-state index contributed by atoms with van der Waals surface area (Å²) < 4.78 is 0. The first-order chi connectivity index (χ1) is 6.66. The third-order valence-electron chi connectivity index (χ3n) is 2.75. The molecule has 0 aromatic rings. The molecule has 0 aliphatic carbocycles. The van der Waals surface area contributed by atoms with E-state index in [0.29, 0.717) is 13.0 Å². The highest BCUT2D eigenvalue weighted by molar-refractivity contribution is 5.65. The molecule has 0 fully saturated rings. The summed E-state index contributed by atoms with van der Waals surface area (Å²) in [6.07, 6.45) is -0.899. The molecule has 0 aliphatic rings. The van der Waals surface area contributed by atoms with Crippen LogP contribution in [0.1, 0.15) is 41.0 Å². The van der Waals surface area contributed by atoms with Crippen LogP contribution >= 0.6 is 0 Å². The fourth-order valence-corrected chi connectivity index (χ4v) is 1.25. The number of carbonyl (C=O) groups is 1. The van der Waals surface area contributed by atoms with E-state index in [0.717, 1.165) is 0 Å². The Morgan fingerprint density at radius 2 is 1.80 bits per heavy atom. The molecule has 0 heterocycles. The van der Waals surface area contributed by atoms with E-state index in [-0.39, 0.29) is 11.5 Å². The maximum atomic E-state index is 11.0.